The van der Waals surface area contributed by atoms with Gasteiger partial charge in [-0.3, -0.25) is 4.68 Å². The summed E-state index contributed by atoms with van der Waals surface area (Å²) in [4.78, 5) is 0. The fourth-order valence-corrected chi connectivity index (χ4v) is 2.13. The normalized spacial score (nSPS) is 12.5. The third-order valence-corrected chi connectivity index (χ3v) is 3.51. The Bertz CT molecular complexity index is 476. The van der Waals surface area contributed by atoms with Gasteiger partial charge in [-0.05, 0) is 32.4 Å². The molecule has 1 N–H and O–H groups in total. The van der Waals surface area contributed by atoms with Crippen molar-refractivity contribution < 1.29 is 0 Å². The molecule has 19 heavy (non-hydrogen) atoms. The first-order chi connectivity index (χ1) is 9.29. The molecular formula is C16H23N3. The summed E-state index contributed by atoms with van der Waals surface area (Å²) >= 11 is 0. The summed E-state index contributed by atoms with van der Waals surface area (Å²) < 4.78 is 2.05. The molecule has 1 unspecified atom stereocenters. The van der Waals surface area contributed by atoms with Gasteiger partial charge in [-0.2, -0.15) is 5.10 Å². The summed E-state index contributed by atoms with van der Waals surface area (Å²) in [5, 5.41) is 7.70. The average molecular weight is 257 g/mol. The molecule has 0 bridgehead atoms. The molecule has 1 heterocycles. The second-order valence-electron chi connectivity index (χ2n) is 5.04. The van der Waals surface area contributed by atoms with Crippen LogP contribution in [0.1, 0.15) is 26.2 Å². The van der Waals surface area contributed by atoms with Gasteiger partial charge in [-0.1, -0.05) is 36.8 Å². The van der Waals surface area contributed by atoms with E-state index >= 15 is 0 Å². The number of nitrogens with zero attached hydrogens (tertiary/aromatic N) is 2. The van der Waals surface area contributed by atoms with Crippen molar-refractivity contribution in [3.63, 3.8) is 0 Å². The molecule has 0 spiro atoms. The Morgan fingerprint density at radius 3 is 2.68 bits per heavy atom. The van der Waals surface area contributed by atoms with Crippen LogP contribution >= 0.6 is 0 Å². The average Bonchev–Trinajstić information content (AvgIpc) is 2.93. The van der Waals surface area contributed by atoms with Gasteiger partial charge in [0.15, 0.2) is 0 Å². The van der Waals surface area contributed by atoms with E-state index < -0.39 is 0 Å². The van der Waals surface area contributed by atoms with Crippen LogP contribution in [0.2, 0.25) is 0 Å². The highest BCUT2D eigenvalue weighted by Gasteiger charge is 2.02. The van der Waals surface area contributed by atoms with Gasteiger partial charge in [-0.15, -0.1) is 0 Å². The third-order valence-electron chi connectivity index (χ3n) is 3.51. The molecule has 0 radical (unpaired) electrons. The van der Waals surface area contributed by atoms with Crippen LogP contribution < -0.4 is 5.32 Å². The van der Waals surface area contributed by atoms with E-state index in [1.165, 1.54) is 30.4 Å². The van der Waals surface area contributed by atoms with Crippen molar-refractivity contribution >= 4 is 0 Å². The van der Waals surface area contributed by atoms with E-state index in [0.29, 0.717) is 6.04 Å². The van der Waals surface area contributed by atoms with Crippen LogP contribution in [-0.4, -0.2) is 22.9 Å². The minimum absolute atomic E-state index is 0.609. The van der Waals surface area contributed by atoms with Crippen LogP contribution in [-0.2, 0) is 6.54 Å². The number of unbranched alkanes of at least 4 members (excludes halogenated alkanes) is 1. The quantitative estimate of drug-likeness (QED) is 0.771. The van der Waals surface area contributed by atoms with Gasteiger partial charge in [0.1, 0.15) is 0 Å². The lowest BCUT2D eigenvalue weighted by Crippen LogP contribution is -2.20. The van der Waals surface area contributed by atoms with Crippen molar-refractivity contribution in [2.75, 3.05) is 7.05 Å². The lowest BCUT2D eigenvalue weighted by atomic mass is 10.1. The molecule has 3 heteroatoms. The SMILES string of the molecule is CNC(C)CCCCn1cc(-c2ccccc2)cn1. The van der Waals surface area contributed by atoms with Crippen molar-refractivity contribution in [3.8, 4) is 11.1 Å². The maximum Gasteiger partial charge on any atom is 0.0568 e. The van der Waals surface area contributed by atoms with Crippen molar-refractivity contribution in [1.82, 2.24) is 15.1 Å². The predicted molar refractivity (Wildman–Crippen MR) is 80.0 cm³/mol. The van der Waals surface area contributed by atoms with E-state index in [-0.39, 0.29) is 0 Å². The van der Waals surface area contributed by atoms with E-state index in [1.807, 2.05) is 24.0 Å². The molecule has 0 aliphatic heterocycles. The fourth-order valence-electron chi connectivity index (χ4n) is 2.13. The Balaban J connectivity index is 1.82. The van der Waals surface area contributed by atoms with Crippen molar-refractivity contribution in [2.24, 2.45) is 0 Å². The van der Waals surface area contributed by atoms with E-state index in [4.69, 9.17) is 0 Å². The zero-order chi connectivity index (χ0) is 13.5. The number of aromatic nitrogens is 2. The summed E-state index contributed by atoms with van der Waals surface area (Å²) in [6.07, 6.45) is 7.73. The van der Waals surface area contributed by atoms with E-state index in [1.54, 1.807) is 0 Å². The molecule has 1 aromatic carbocycles. The topological polar surface area (TPSA) is 29.9 Å². The summed E-state index contributed by atoms with van der Waals surface area (Å²) in [5.41, 5.74) is 2.43. The molecule has 102 valence electrons. The molecule has 2 rings (SSSR count). The van der Waals surface area contributed by atoms with Crippen LogP contribution in [0.5, 0.6) is 0 Å². The van der Waals surface area contributed by atoms with Crippen molar-refractivity contribution in [1.29, 1.82) is 0 Å². The van der Waals surface area contributed by atoms with E-state index in [2.05, 4.69) is 47.8 Å². The number of benzene rings is 1. The van der Waals surface area contributed by atoms with Crippen LogP contribution in [0.3, 0.4) is 0 Å². The molecule has 3 nitrogen and oxygen atoms in total. The number of hydrogen-bond donors (Lipinski definition) is 1. The second-order valence-corrected chi connectivity index (χ2v) is 5.04. The van der Waals surface area contributed by atoms with Crippen LogP contribution in [0, 0.1) is 0 Å². The predicted octanol–water partition coefficient (Wildman–Crippen LogP) is 3.33. The smallest absolute Gasteiger partial charge is 0.0568 e. The lowest BCUT2D eigenvalue weighted by Gasteiger charge is -2.09. The monoisotopic (exact) mass is 257 g/mol. The number of hydrogen-bond acceptors (Lipinski definition) is 2. The highest BCUT2D eigenvalue weighted by molar-refractivity contribution is 5.61. The Morgan fingerprint density at radius 2 is 1.95 bits per heavy atom. The minimum Gasteiger partial charge on any atom is -0.317 e. The number of nitrogens with one attached hydrogen (secondary N) is 1. The second kappa shape index (κ2) is 7.10. The van der Waals surface area contributed by atoms with Gasteiger partial charge in [0.25, 0.3) is 0 Å². The highest BCUT2D eigenvalue weighted by Crippen LogP contribution is 2.17. The molecule has 1 aromatic heterocycles. The highest BCUT2D eigenvalue weighted by atomic mass is 15.3. The van der Waals surface area contributed by atoms with Crippen molar-refractivity contribution in [2.45, 2.75) is 38.8 Å². The molecular weight excluding hydrogens is 234 g/mol. The molecule has 0 aliphatic carbocycles. The molecule has 0 aliphatic rings. The standard InChI is InChI=1S/C16H23N3/c1-14(17-2)8-6-7-11-19-13-16(12-18-19)15-9-4-3-5-10-15/h3-5,9-10,12-14,17H,6-8,11H2,1-2H3. The maximum atomic E-state index is 4.43. The zero-order valence-electron chi connectivity index (χ0n) is 11.8. The number of aryl methyl sites for hydroxylation is 1. The van der Waals surface area contributed by atoms with Gasteiger partial charge >= 0.3 is 0 Å². The first kappa shape index (κ1) is 13.8. The molecule has 2 aromatic rings. The summed E-state index contributed by atoms with van der Waals surface area (Å²) in [6, 6.07) is 11.0. The summed E-state index contributed by atoms with van der Waals surface area (Å²) in [7, 11) is 2.02. The van der Waals surface area contributed by atoms with Gasteiger partial charge < -0.3 is 5.32 Å². The third kappa shape index (κ3) is 4.21. The minimum atomic E-state index is 0.609. The van der Waals surface area contributed by atoms with Gasteiger partial charge in [0.05, 0.1) is 6.20 Å². The molecule has 0 saturated carbocycles. The summed E-state index contributed by atoms with van der Waals surface area (Å²) in [5.74, 6) is 0. The first-order valence-corrected chi connectivity index (χ1v) is 7.04. The zero-order valence-corrected chi connectivity index (χ0v) is 11.8. The molecule has 0 fully saturated rings. The molecule has 0 amide bonds. The van der Waals surface area contributed by atoms with E-state index in [0.717, 1.165) is 6.54 Å². The Hall–Kier alpha value is -1.61. The van der Waals surface area contributed by atoms with E-state index in [9.17, 15) is 0 Å². The maximum absolute atomic E-state index is 4.43. The van der Waals surface area contributed by atoms with Gasteiger partial charge in [-0.25, -0.2) is 0 Å². The number of rotatable bonds is 7. The summed E-state index contributed by atoms with van der Waals surface area (Å²) in [6.45, 7) is 3.23. The Kier molecular flexibility index (Phi) is 5.16. The Labute approximate surface area is 115 Å². The largest absolute Gasteiger partial charge is 0.317 e. The Morgan fingerprint density at radius 1 is 1.16 bits per heavy atom. The van der Waals surface area contributed by atoms with Gasteiger partial charge in [0, 0.05) is 24.3 Å². The molecule has 1 atom stereocenters. The molecule has 0 saturated heterocycles. The van der Waals surface area contributed by atoms with Gasteiger partial charge in [0.2, 0.25) is 0 Å². The fraction of sp³-hybridized carbons (Fsp3) is 0.438. The van der Waals surface area contributed by atoms with Crippen LogP contribution in [0.4, 0.5) is 0 Å². The van der Waals surface area contributed by atoms with Crippen molar-refractivity contribution in [3.05, 3.63) is 42.7 Å². The first-order valence-electron chi connectivity index (χ1n) is 7.04. The van der Waals surface area contributed by atoms with Crippen LogP contribution in [0.15, 0.2) is 42.7 Å². The lowest BCUT2D eigenvalue weighted by molar-refractivity contribution is 0.490. The van der Waals surface area contributed by atoms with Crippen LogP contribution in [0.25, 0.3) is 11.1 Å².